The summed E-state index contributed by atoms with van der Waals surface area (Å²) < 4.78 is 7.12. The summed E-state index contributed by atoms with van der Waals surface area (Å²) in [6.45, 7) is 3.89. The molecule has 0 atom stereocenters. The fourth-order valence-electron chi connectivity index (χ4n) is 1.57. The minimum Gasteiger partial charge on any atom is -0.478 e. The number of ether oxygens (including phenoxy) is 1. The van der Waals surface area contributed by atoms with Crippen LogP contribution in [-0.4, -0.2) is 25.8 Å². The van der Waals surface area contributed by atoms with E-state index in [-0.39, 0.29) is 17.4 Å². The largest absolute Gasteiger partial charge is 0.478 e. The maximum absolute atomic E-state index is 11.1. The van der Waals surface area contributed by atoms with Crippen LogP contribution in [0.4, 0.5) is 0 Å². The number of aromatic carboxylic acids is 1. The van der Waals surface area contributed by atoms with E-state index < -0.39 is 5.97 Å². The predicted octanol–water partition coefficient (Wildman–Crippen LogP) is 2.43. The number of aryl methyl sites for hydroxylation is 1. The van der Waals surface area contributed by atoms with Gasteiger partial charge < -0.3 is 9.84 Å². The number of carbonyl (C=O) groups is 1. The first-order chi connectivity index (χ1) is 8.95. The van der Waals surface area contributed by atoms with E-state index in [2.05, 4.69) is 10.1 Å². The zero-order chi connectivity index (χ0) is 14.0. The van der Waals surface area contributed by atoms with E-state index in [1.54, 1.807) is 30.2 Å². The van der Waals surface area contributed by atoms with Gasteiger partial charge in [0.1, 0.15) is 0 Å². The van der Waals surface area contributed by atoms with Gasteiger partial charge in [0.2, 0.25) is 5.88 Å². The van der Waals surface area contributed by atoms with Crippen molar-refractivity contribution in [1.29, 1.82) is 0 Å². The number of carboxylic acids is 1. The Hall–Kier alpha value is -2.37. The molecule has 0 unspecified atom stereocenters. The van der Waals surface area contributed by atoms with Crippen LogP contribution in [-0.2, 0) is 7.05 Å². The molecule has 2 aromatic heterocycles. The van der Waals surface area contributed by atoms with E-state index in [4.69, 9.17) is 9.84 Å². The highest BCUT2D eigenvalue weighted by atomic mass is 16.5. The highest BCUT2D eigenvalue weighted by molar-refractivity contribution is 5.88. The molecule has 0 amide bonds. The number of rotatable bonds is 4. The summed E-state index contributed by atoms with van der Waals surface area (Å²) >= 11 is 0. The Morgan fingerprint density at radius 1 is 1.42 bits per heavy atom. The monoisotopic (exact) mass is 261 g/mol. The molecule has 0 aliphatic rings. The van der Waals surface area contributed by atoms with Crippen LogP contribution in [0, 0.1) is 0 Å². The molecule has 1 N–H and O–H groups in total. The second-order valence-corrected chi connectivity index (χ2v) is 4.53. The minimum atomic E-state index is -1.000. The first kappa shape index (κ1) is 13.1. The van der Waals surface area contributed by atoms with Crippen molar-refractivity contribution >= 4 is 5.97 Å². The molecule has 0 saturated heterocycles. The molecule has 0 aliphatic carbocycles. The number of nitrogens with zero attached hydrogens (tertiary/aromatic N) is 3. The van der Waals surface area contributed by atoms with Gasteiger partial charge in [0.15, 0.2) is 5.75 Å². The van der Waals surface area contributed by atoms with Crippen molar-refractivity contribution in [2.75, 3.05) is 0 Å². The Morgan fingerprint density at radius 3 is 2.68 bits per heavy atom. The first-order valence-electron chi connectivity index (χ1n) is 5.87. The topological polar surface area (TPSA) is 77.2 Å². The minimum absolute atomic E-state index is 0.121. The Labute approximate surface area is 110 Å². The Balaban J connectivity index is 2.36. The van der Waals surface area contributed by atoms with Crippen LogP contribution in [0.5, 0.6) is 11.6 Å². The van der Waals surface area contributed by atoms with Crippen LogP contribution < -0.4 is 4.74 Å². The highest BCUT2D eigenvalue weighted by Crippen LogP contribution is 2.23. The van der Waals surface area contributed by atoms with Gasteiger partial charge in [0.05, 0.1) is 18.0 Å². The molecule has 0 spiro atoms. The molecule has 0 aliphatic heterocycles. The van der Waals surface area contributed by atoms with Gasteiger partial charge in [0, 0.05) is 18.8 Å². The molecule has 6 nitrogen and oxygen atoms in total. The quantitative estimate of drug-likeness (QED) is 0.914. The molecular weight excluding hydrogens is 246 g/mol. The van der Waals surface area contributed by atoms with E-state index in [1.165, 1.54) is 6.07 Å². The smallest absolute Gasteiger partial charge is 0.335 e. The van der Waals surface area contributed by atoms with E-state index >= 15 is 0 Å². The zero-order valence-corrected chi connectivity index (χ0v) is 11.0. The molecule has 19 heavy (non-hydrogen) atoms. The molecule has 100 valence electrons. The van der Waals surface area contributed by atoms with Crippen molar-refractivity contribution in [3.8, 4) is 11.6 Å². The van der Waals surface area contributed by atoms with Gasteiger partial charge in [-0.05, 0) is 12.0 Å². The van der Waals surface area contributed by atoms with Gasteiger partial charge in [-0.3, -0.25) is 4.68 Å². The van der Waals surface area contributed by atoms with Crippen molar-refractivity contribution in [1.82, 2.24) is 14.8 Å². The predicted molar refractivity (Wildman–Crippen MR) is 68.6 cm³/mol. The third-order valence-corrected chi connectivity index (χ3v) is 2.56. The Kier molecular flexibility index (Phi) is 3.50. The number of hydrogen-bond donors (Lipinski definition) is 1. The molecular formula is C13H15N3O3. The number of hydrogen-bond acceptors (Lipinski definition) is 4. The SMILES string of the molecule is CC(C)c1cc(C(=O)O)cc(Oc2cnn(C)c2)n1. The summed E-state index contributed by atoms with van der Waals surface area (Å²) in [5, 5.41) is 13.1. The van der Waals surface area contributed by atoms with Crippen LogP contribution in [0.1, 0.15) is 35.8 Å². The zero-order valence-electron chi connectivity index (χ0n) is 11.0. The maximum Gasteiger partial charge on any atom is 0.335 e. The van der Waals surface area contributed by atoms with Crippen LogP contribution in [0.15, 0.2) is 24.5 Å². The van der Waals surface area contributed by atoms with Crippen molar-refractivity contribution in [3.05, 3.63) is 35.8 Å². The fourth-order valence-corrected chi connectivity index (χ4v) is 1.57. The van der Waals surface area contributed by atoms with Crippen LogP contribution >= 0.6 is 0 Å². The summed E-state index contributed by atoms with van der Waals surface area (Å²) in [5.41, 5.74) is 0.844. The van der Waals surface area contributed by atoms with E-state index in [1.807, 2.05) is 13.8 Å². The van der Waals surface area contributed by atoms with Gasteiger partial charge in [-0.2, -0.15) is 5.10 Å². The summed E-state index contributed by atoms with van der Waals surface area (Å²) in [6.07, 6.45) is 3.23. The average molecular weight is 261 g/mol. The molecule has 0 bridgehead atoms. The summed E-state index contributed by atoms with van der Waals surface area (Å²) in [4.78, 5) is 15.4. The highest BCUT2D eigenvalue weighted by Gasteiger charge is 2.12. The molecule has 2 rings (SSSR count). The molecule has 0 radical (unpaired) electrons. The number of aromatic nitrogens is 3. The number of pyridine rings is 1. The van der Waals surface area contributed by atoms with E-state index in [9.17, 15) is 4.79 Å². The maximum atomic E-state index is 11.1. The summed E-state index contributed by atoms with van der Waals surface area (Å²) in [5.74, 6) is -0.0975. The molecule has 0 fully saturated rings. The fraction of sp³-hybridized carbons (Fsp3) is 0.308. The van der Waals surface area contributed by atoms with Gasteiger partial charge in [-0.25, -0.2) is 9.78 Å². The lowest BCUT2D eigenvalue weighted by molar-refractivity contribution is 0.0696. The average Bonchev–Trinajstić information content (AvgIpc) is 2.74. The summed E-state index contributed by atoms with van der Waals surface area (Å²) in [7, 11) is 1.77. The molecule has 6 heteroatoms. The molecule has 0 aromatic carbocycles. The third-order valence-electron chi connectivity index (χ3n) is 2.56. The Bertz CT molecular complexity index is 605. The van der Waals surface area contributed by atoms with E-state index in [0.717, 1.165) is 0 Å². The van der Waals surface area contributed by atoms with Gasteiger partial charge in [0.25, 0.3) is 0 Å². The molecule has 0 saturated carbocycles. The normalized spacial score (nSPS) is 10.7. The van der Waals surface area contributed by atoms with E-state index in [0.29, 0.717) is 11.4 Å². The van der Waals surface area contributed by atoms with Crippen LogP contribution in [0.25, 0.3) is 0 Å². The van der Waals surface area contributed by atoms with Crippen LogP contribution in [0.2, 0.25) is 0 Å². The van der Waals surface area contributed by atoms with Gasteiger partial charge in [-0.15, -0.1) is 0 Å². The lowest BCUT2D eigenvalue weighted by Gasteiger charge is -2.09. The summed E-state index contributed by atoms with van der Waals surface area (Å²) in [6, 6.07) is 2.96. The second-order valence-electron chi connectivity index (χ2n) is 4.53. The lowest BCUT2D eigenvalue weighted by Crippen LogP contribution is -2.02. The van der Waals surface area contributed by atoms with Crippen LogP contribution in [0.3, 0.4) is 0 Å². The molecule has 2 heterocycles. The molecule has 2 aromatic rings. The van der Waals surface area contributed by atoms with Crippen molar-refractivity contribution in [2.45, 2.75) is 19.8 Å². The number of carboxylic acid groups (broad SMARTS) is 1. The first-order valence-corrected chi connectivity index (χ1v) is 5.87. The third kappa shape index (κ3) is 3.09. The Morgan fingerprint density at radius 2 is 2.16 bits per heavy atom. The standard InChI is InChI=1S/C13H15N3O3/c1-8(2)11-4-9(13(17)18)5-12(15-11)19-10-6-14-16(3)7-10/h4-8H,1-3H3,(H,17,18). The van der Waals surface area contributed by atoms with Gasteiger partial charge >= 0.3 is 5.97 Å². The second kappa shape index (κ2) is 5.09. The lowest BCUT2D eigenvalue weighted by atomic mass is 10.1. The van der Waals surface area contributed by atoms with Crippen molar-refractivity contribution in [3.63, 3.8) is 0 Å². The van der Waals surface area contributed by atoms with Crippen molar-refractivity contribution in [2.24, 2.45) is 7.05 Å². The van der Waals surface area contributed by atoms with Crippen molar-refractivity contribution < 1.29 is 14.6 Å². The van der Waals surface area contributed by atoms with Gasteiger partial charge in [-0.1, -0.05) is 13.8 Å².